The van der Waals surface area contributed by atoms with Crippen LogP contribution in [0.3, 0.4) is 0 Å². The van der Waals surface area contributed by atoms with Gasteiger partial charge in [-0.1, -0.05) is 6.07 Å². The van der Waals surface area contributed by atoms with Gasteiger partial charge in [0.25, 0.3) is 0 Å². The van der Waals surface area contributed by atoms with Crippen LogP contribution in [0.4, 0.5) is 0 Å². The molecule has 118 valence electrons. The minimum atomic E-state index is -3.37. The molecule has 0 aromatic heterocycles. The maximum absolute atomic E-state index is 12.1. The van der Waals surface area contributed by atoms with E-state index >= 15 is 0 Å². The second-order valence-corrected chi connectivity index (χ2v) is 7.80. The molecule has 1 aromatic rings. The first-order valence-corrected chi connectivity index (χ1v) is 8.97. The maximum Gasteiger partial charge on any atom is 0.231 e. The van der Waals surface area contributed by atoms with Crippen molar-refractivity contribution in [2.75, 3.05) is 26.3 Å². The first kappa shape index (κ1) is 15.1. The van der Waals surface area contributed by atoms with Crippen molar-refractivity contribution in [1.82, 2.24) is 0 Å². The SMILES string of the molecule is CCOC[C@@]1(C#N)[C@H](c2ccc3c(c2)OCO3)[C@@H]1S(C)(=O)=O. The van der Waals surface area contributed by atoms with E-state index in [9.17, 15) is 13.7 Å². The van der Waals surface area contributed by atoms with Gasteiger partial charge in [0.2, 0.25) is 6.79 Å². The summed E-state index contributed by atoms with van der Waals surface area (Å²) in [6, 6.07) is 7.49. The fourth-order valence-corrected chi connectivity index (χ4v) is 5.07. The number of hydrogen-bond acceptors (Lipinski definition) is 6. The highest BCUT2D eigenvalue weighted by atomic mass is 32.2. The van der Waals surface area contributed by atoms with Gasteiger partial charge in [-0.15, -0.1) is 0 Å². The summed E-state index contributed by atoms with van der Waals surface area (Å²) in [6.45, 7) is 2.52. The molecule has 1 aliphatic carbocycles. The van der Waals surface area contributed by atoms with E-state index in [0.29, 0.717) is 18.1 Å². The third-order valence-corrected chi connectivity index (χ3v) is 5.84. The third kappa shape index (κ3) is 2.23. The van der Waals surface area contributed by atoms with E-state index in [0.717, 1.165) is 5.56 Å². The van der Waals surface area contributed by atoms with Crippen molar-refractivity contribution in [2.45, 2.75) is 18.1 Å². The lowest BCUT2D eigenvalue weighted by atomic mass is 10.0. The molecular weight excluding hydrogens is 306 g/mol. The van der Waals surface area contributed by atoms with Crippen molar-refractivity contribution in [1.29, 1.82) is 5.26 Å². The molecule has 0 radical (unpaired) electrons. The smallest absolute Gasteiger partial charge is 0.231 e. The average molecular weight is 323 g/mol. The van der Waals surface area contributed by atoms with Crippen molar-refractivity contribution < 1.29 is 22.6 Å². The number of rotatable bonds is 5. The Kier molecular flexibility index (Phi) is 3.54. The highest BCUT2D eigenvalue weighted by molar-refractivity contribution is 7.91. The highest BCUT2D eigenvalue weighted by Gasteiger charge is 2.71. The number of sulfone groups is 1. The molecule has 0 bridgehead atoms. The quantitative estimate of drug-likeness (QED) is 0.816. The number of hydrogen-bond donors (Lipinski definition) is 0. The Morgan fingerprint density at radius 1 is 1.41 bits per heavy atom. The minimum absolute atomic E-state index is 0.108. The van der Waals surface area contributed by atoms with Gasteiger partial charge in [-0.25, -0.2) is 8.42 Å². The fraction of sp³-hybridized carbons (Fsp3) is 0.533. The maximum atomic E-state index is 12.1. The first-order valence-electron chi connectivity index (χ1n) is 7.01. The van der Waals surface area contributed by atoms with Gasteiger partial charge < -0.3 is 14.2 Å². The predicted octanol–water partition coefficient (Wildman–Crippen LogP) is 1.47. The average Bonchev–Trinajstić information content (AvgIpc) is 2.94. The van der Waals surface area contributed by atoms with Crippen LogP contribution in [0.25, 0.3) is 0 Å². The van der Waals surface area contributed by atoms with Gasteiger partial charge in [0.15, 0.2) is 21.3 Å². The third-order valence-electron chi connectivity index (χ3n) is 4.23. The largest absolute Gasteiger partial charge is 0.454 e. The van der Waals surface area contributed by atoms with Crippen LogP contribution in [0.5, 0.6) is 11.5 Å². The van der Waals surface area contributed by atoms with Gasteiger partial charge in [0.05, 0.1) is 17.9 Å². The van der Waals surface area contributed by atoms with E-state index in [1.165, 1.54) is 6.26 Å². The molecule has 3 rings (SSSR count). The van der Waals surface area contributed by atoms with Crippen molar-refractivity contribution in [2.24, 2.45) is 5.41 Å². The summed E-state index contributed by atoms with van der Waals surface area (Å²) in [6.07, 6.45) is 1.17. The number of ether oxygens (including phenoxy) is 3. The number of nitriles is 1. The van der Waals surface area contributed by atoms with E-state index in [1.807, 2.05) is 6.92 Å². The minimum Gasteiger partial charge on any atom is -0.454 e. The van der Waals surface area contributed by atoms with Crippen molar-refractivity contribution >= 4 is 9.84 Å². The van der Waals surface area contributed by atoms with Gasteiger partial charge in [-0.2, -0.15) is 5.26 Å². The lowest BCUT2D eigenvalue weighted by molar-refractivity contribution is 0.117. The molecule has 7 heteroatoms. The number of benzene rings is 1. The molecule has 1 fully saturated rings. The number of fused-ring (bicyclic) bond motifs is 1. The van der Waals surface area contributed by atoms with Crippen LogP contribution in [0.2, 0.25) is 0 Å². The Labute approximate surface area is 129 Å². The summed E-state index contributed by atoms with van der Waals surface area (Å²) in [5, 5.41) is 8.84. The van der Waals surface area contributed by atoms with Crippen molar-refractivity contribution in [3.63, 3.8) is 0 Å². The molecule has 1 aliphatic heterocycles. The molecule has 2 aliphatic rings. The summed E-state index contributed by atoms with van der Waals surface area (Å²) in [4.78, 5) is 0. The molecule has 0 saturated heterocycles. The Balaban J connectivity index is 1.99. The lowest BCUT2D eigenvalue weighted by Crippen LogP contribution is -2.18. The zero-order chi connectivity index (χ0) is 16.0. The molecule has 0 amide bonds. The standard InChI is InChI=1S/C15H17NO5S/c1-3-19-8-15(7-16)13(14(15)22(2,17)18)10-4-5-11-12(6-10)21-9-20-11/h4-6,13-14H,3,8-9H2,1-2H3/t13-,14+,15+/m1/s1. The Morgan fingerprint density at radius 2 is 2.14 bits per heavy atom. The van der Waals surface area contributed by atoms with Crippen LogP contribution in [0, 0.1) is 16.7 Å². The summed E-state index contributed by atoms with van der Waals surface area (Å²) in [7, 11) is -3.37. The van der Waals surface area contributed by atoms with Crippen LogP contribution in [0.15, 0.2) is 18.2 Å². The van der Waals surface area contributed by atoms with Gasteiger partial charge in [-0.05, 0) is 24.6 Å². The lowest BCUT2D eigenvalue weighted by Gasteiger charge is -2.09. The molecule has 1 heterocycles. The molecule has 3 atom stereocenters. The van der Waals surface area contributed by atoms with Crippen LogP contribution >= 0.6 is 0 Å². The van der Waals surface area contributed by atoms with Gasteiger partial charge in [0, 0.05) is 18.8 Å². The van der Waals surface area contributed by atoms with Crippen LogP contribution in [-0.4, -0.2) is 39.9 Å². The van der Waals surface area contributed by atoms with Crippen LogP contribution in [0.1, 0.15) is 18.4 Å². The molecule has 22 heavy (non-hydrogen) atoms. The second kappa shape index (κ2) is 5.14. The van der Waals surface area contributed by atoms with E-state index in [4.69, 9.17) is 14.2 Å². The van der Waals surface area contributed by atoms with Crippen LogP contribution in [-0.2, 0) is 14.6 Å². The first-order chi connectivity index (χ1) is 10.4. The zero-order valence-corrected chi connectivity index (χ0v) is 13.2. The molecule has 0 unspecified atom stereocenters. The Morgan fingerprint density at radius 3 is 2.77 bits per heavy atom. The monoisotopic (exact) mass is 323 g/mol. The second-order valence-electron chi connectivity index (χ2n) is 5.63. The number of nitrogens with zero attached hydrogens (tertiary/aromatic N) is 1. The zero-order valence-electron chi connectivity index (χ0n) is 12.4. The van der Waals surface area contributed by atoms with Crippen LogP contribution < -0.4 is 9.47 Å². The van der Waals surface area contributed by atoms with Crippen molar-refractivity contribution in [3.8, 4) is 17.6 Å². The summed E-state index contributed by atoms with van der Waals surface area (Å²) < 4.78 is 40.1. The predicted molar refractivity (Wildman–Crippen MR) is 78.5 cm³/mol. The van der Waals surface area contributed by atoms with Gasteiger partial charge in [-0.3, -0.25) is 0 Å². The van der Waals surface area contributed by atoms with E-state index in [1.54, 1.807) is 18.2 Å². The molecule has 0 spiro atoms. The van der Waals surface area contributed by atoms with Gasteiger partial charge >= 0.3 is 0 Å². The van der Waals surface area contributed by atoms with Gasteiger partial charge in [0.1, 0.15) is 5.41 Å². The van der Waals surface area contributed by atoms with E-state index in [-0.39, 0.29) is 13.4 Å². The Bertz CT molecular complexity index is 739. The summed E-state index contributed by atoms with van der Waals surface area (Å²) in [5.74, 6) is 0.807. The molecule has 6 nitrogen and oxygen atoms in total. The van der Waals surface area contributed by atoms with Crippen molar-refractivity contribution in [3.05, 3.63) is 23.8 Å². The highest BCUT2D eigenvalue weighted by Crippen LogP contribution is 2.63. The normalized spacial score (nSPS) is 29.1. The molecular formula is C15H17NO5S. The molecule has 1 saturated carbocycles. The summed E-state index contributed by atoms with van der Waals surface area (Å²) in [5.41, 5.74) is -0.266. The topological polar surface area (TPSA) is 85.6 Å². The van der Waals surface area contributed by atoms with E-state index < -0.39 is 26.4 Å². The Hall–Kier alpha value is -1.78. The fourth-order valence-electron chi connectivity index (χ4n) is 3.22. The summed E-state index contributed by atoms with van der Waals surface area (Å²) >= 11 is 0. The van der Waals surface area contributed by atoms with E-state index in [2.05, 4.69) is 6.07 Å². The molecule has 1 aromatic carbocycles. The molecule has 0 N–H and O–H groups in total.